The number of H-pyrrole nitrogens is 1. The summed E-state index contributed by atoms with van der Waals surface area (Å²) in [4.78, 5) is 19.4. The van der Waals surface area contributed by atoms with Gasteiger partial charge in [-0.2, -0.15) is 0 Å². The molecule has 1 atom stereocenters. The first kappa shape index (κ1) is 14.8. The average Bonchev–Trinajstić information content (AvgIpc) is 2.96. The van der Waals surface area contributed by atoms with E-state index in [2.05, 4.69) is 20.6 Å². The van der Waals surface area contributed by atoms with E-state index in [1.54, 1.807) is 6.92 Å². The average molecular weight is 322 g/mol. The number of carbonyl (C=O) groups excluding carboxylic acids is 1. The summed E-state index contributed by atoms with van der Waals surface area (Å²) < 4.78 is 23.0. The third-order valence-corrected chi connectivity index (χ3v) is 5.68. The summed E-state index contributed by atoms with van der Waals surface area (Å²) in [5.41, 5.74) is 1.05. The number of imidazole rings is 1. The number of hydrogen-bond acceptors (Lipinski definition) is 4. The minimum absolute atomic E-state index is 0.0158. The van der Waals surface area contributed by atoms with Crippen molar-refractivity contribution in [1.82, 2.24) is 20.6 Å². The van der Waals surface area contributed by atoms with E-state index in [0.29, 0.717) is 12.2 Å². The molecule has 2 heterocycles. The fraction of sp³-hybridized carbons (Fsp3) is 0.429. The fourth-order valence-electron chi connectivity index (χ4n) is 2.68. The number of amides is 2. The molecule has 1 aromatic carbocycles. The third kappa shape index (κ3) is 3.22. The Morgan fingerprint density at radius 1 is 1.41 bits per heavy atom. The van der Waals surface area contributed by atoms with Crippen molar-refractivity contribution < 1.29 is 13.2 Å². The molecular weight excluding hydrogens is 304 g/mol. The Kier molecular flexibility index (Phi) is 3.56. The maximum Gasteiger partial charge on any atom is 0.315 e. The highest BCUT2D eigenvalue weighted by Crippen LogP contribution is 2.22. The van der Waals surface area contributed by atoms with Crippen molar-refractivity contribution in [2.75, 3.05) is 11.5 Å². The van der Waals surface area contributed by atoms with Crippen molar-refractivity contribution in [3.05, 3.63) is 30.1 Å². The predicted molar refractivity (Wildman–Crippen MR) is 83.1 cm³/mol. The van der Waals surface area contributed by atoms with Crippen molar-refractivity contribution in [2.24, 2.45) is 0 Å². The minimum Gasteiger partial charge on any atom is -0.340 e. The highest BCUT2D eigenvalue weighted by molar-refractivity contribution is 7.91. The Morgan fingerprint density at radius 2 is 2.18 bits per heavy atom. The summed E-state index contributed by atoms with van der Waals surface area (Å²) in [5, 5.41) is 5.44. The molecule has 0 bridgehead atoms. The molecule has 0 aliphatic carbocycles. The van der Waals surface area contributed by atoms with Gasteiger partial charge in [-0.3, -0.25) is 0 Å². The van der Waals surface area contributed by atoms with E-state index in [1.807, 2.05) is 24.3 Å². The molecule has 22 heavy (non-hydrogen) atoms. The Morgan fingerprint density at radius 3 is 2.86 bits per heavy atom. The van der Waals surface area contributed by atoms with Gasteiger partial charge in [0, 0.05) is 0 Å². The Bertz CT molecular complexity index is 781. The number of fused-ring (bicyclic) bond motifs is 1. The minimum atomic E-state index is -3.04. The van der Waals surface area contributed by atoms with Crippen LogP contribution in [0.2, 0.25) is 0 Å². The molecule has 1 aliphatic heterocycles. The molecule has 0 spiro atoms. The second kappa shape index (κ2) is 5.28. The Labute approximate surface area is 128 Å². The van der Waals surface area contributed by atoms with Crippen LogP contribution in [0.1, 0.15) is 19.2 Å². The lowest BCUT2D eigenvalue weighted by Crippen LogP contribution is -2.50. The van der Waals surface area contributed by atoms with Gasteiger partial charge in [-0.1, -0.05) is 12.1 Å². The van der Waals surface area contributed by atoms with Crippen LogP contribution in [0.15, 0.2) is 24.3 Å². The van der Waals surface area contributed by atoms with Crippen molar-refractivity contribution in [2.45, 2.75) is 25.4 Å². The number of sulfone groups is 1. The quantitative estimate of drug-likeness (QED) is 0.782. The summed E-state index contributed by atoms with van der Waals surface area (Å²) >= 11 is 0. The summed E-state index contributed by atoms with van der Waals surface area (Å²) in [7, 11) is -3.04. The summed E-state index contributed by atoms with van der Waals surface area (Å²) in [6.45, 7) is 2.00. The molecular formula is C14H18N4O3S. The fourth-order valence-corrected chi connectivity index (χ4v) is 4.77. The lowest BCUT2D eigenvalue weighted by Gasteiger charge is -2.23. The van der Waals surface area contributed by atoms with Gasteiger partial charge >= 0.3 is 6.03 Å². The zero-order valence-electron chi connectivity index (χ0n) is 12.2. The van der Waals surface area contributed by atoms with Gasteiger partial charge < -0.3 is 15.6 Å². The van der Waals surface area contributed by atoms with Crippen LogP contribution in [0.4, 0.5) is 4.79 Å². The maximum absolute atomic E-state index is 11.9. The summed E-state index contributed by atoms with van der Waals surface area (Å²) in [6.07, 6.45) is 0.438. The Hall–Kier alpha value is -2.09. The first-order valence-electron chi connectivity index (χ1n) is 7.05. The van der Waals surface area contributed by atoms with E-state index in [-0.39, 0.29) is 24.1 Å². The van der Waals surface area contributed by atoms with Crippen LogP contribution in [-0.2, 0) is 16.4 Å². The first-order chi connectivity index (χ1) is 10.4. The van der Waals surface area contributed by atoms with Crippen LogP contribution in [0.5, 0.6) is 0 Å². The van der Waals surface area contributed by atoms with Crippen LogP contribution >= 0.6 is 0 Å². The molecule has 0 radical (unpaired) electrons. The van der Waals surface area contributed by atoms with Gasteiger partial charge in [-0.25, -0.2) is 18.2 Å². The molecule has 3 N–H and O–H groups in total. The highest BCUT2D eigenvalue weighted by atomic mass is 32.2. The van der Waals surface area contributed by atoms with E-state index in [4.69, 9.17) is 0 Å². The van der Waals surface area contributed by atoms with Gasteiger partial charge in [0.25, 0.3) is 0 Å². The van der Waals surface area contributed by atoms with E-state index in [1.165, 1.54) is 0 Å². The molecule has 1 fully saturated rings. The van der Waals surface area contributed by atoms with Gasteiger partial charge in [-0.15, -0.1) is 0 Å². The monoisotopic (exact) mass is 322 g/mol. The lowest BCUT2D eigenvalue weighted by atomic mass is 10.0. The molecule has 1 saturated heterocycles. The molecule has 1 aliphatic rings. The van der Waals surface area contributed by atoms with Crippen LogP contribution in [0.3, 0.4) is 0 Å². The zero-order valence-corrected chi connectivity index (χ0v) is 13.0. The molecule has 8 heteroatoms. The largest absolute Gasteiger partial charge is 0.340 e. The zero-order chi connectivity index (χ0) is 15.8. The third-order valence-electron chi connectivity index (χ3n) is 3.77. The number of nitrogens with one attached hydrogen (secondary N) is 3. The van der Waals surface area contributed by atoms with Gasteiger partial charge in [0.1, 0.15) is 5.82 Å². The van der Waals surface area contributed by atoms with Crippen LogP contribution in [0.25, 0.3) is 11.0 Å². The molecule has 2 amide bonds. The molecule has 118 valence electrons. The van der Waals surface area contributed by atoms with Gasteiger partial charge in [0.05, 0.1) is 34.6 Å². The molecule has 0 unspecified atom stereocenters. The van der Waals surface area contributed by atoms with Crippen molar-refractivity contribution >= 4 is 26.9 Å². The molecule has 3 rings (SSSR count). The highest BCUT2D eigenvalue weighted by Gasteiger charge is 2.39. The SMILES string of the molecule is C[C@]1(NC(=O)NCc2nc3ccccc3[nH]2)CCS(=O)(=O)C1. The Balaban J connectivity index is 1.58. The number of benzene rings is 1. The predicted octanol–water partition coefficient (Wildman–Crippen LogP) is 0.939. The van der Waals surface area contributed by atoms with Crippen LogP contribution in [0, 0.1) is 0 Å². The van der Waals surface area contributed by atoms with E-state index >= 15 is 0 Å². The van der Waals surface area contributed by atoms with E-state index < -0.39 is 15.4 Å². The number of aromatic amines is 1. The van der Waals surface area contributed by atoms with E-state index in [9.17, 15) is 13.2 Å². The van der Waals surface area contributed by atoms with E-state index in [0.717, 1.165) is 11.0 Å². The number of urea groups is 1. The number of para-hydroxylation sites is 2. The normalized spacial score (nSPS) is 23.5. The molecule has 0 saturated carbocycles. The van der Waals surface area contributed by atoms with Crippen molar-refractivity contribution in [3.8, 4) is 0 Å². The lowest BCUT2D eigenvalue weighted by molar-refractivity contribution is 0.230. The smallest absolute Gasteiger partial charge is 0.315 e. The number of rotatable bonds is 3. The topological polar surface area (TPSA) is 104 Å². The van der Waals surface area contributed by atoms with Crippen LogP contribution < -0.4 is 10.6 Å². The number of aromatic nitrogens is 2. The van der Waals surface area contributed by atoms with Crippen molar-refractivity contribution in [1.29, 1.82) is 0 Å². The van der Waals surface area contributed by atoms with Gasteiger partial charge in [0.15, 0.2) is 9.84 Å². The van der Waals surface area contributed by atoms with Crippen molar-refractivity contribution in [3.63, 3.8) is 0 Å². The molecule has 2 aromatic rings. The number of hydrogen-bond donors (Lipinski definition) is 3. The van der Waals surface area contributed by atoms with Gasteiger partial charge in [0.2, 0.25) is 0 Å². The standard InChI is InChI=1S/C14H18N4O3S/c1-14(6-7-22(20,21)9-14)18-13(19)15-8-12-16-10-4-2-3-5-11(10)17-12/h2-5H,6-9H2,1H3,(H,16,17)(H2,15,18,19)/t14-/m0/s1. The number of nitrogens with zero attached hydrogens (tertiary/aromatic N) is 1. The first-order valence-corrected chi connectivity index (χ1v) is 8.87. The second-order valence-electron chi connectivity index (χ2n) is 5.91. The number of carbonyl (C=O) groups is 1. The molecule has 1 aromatic heterocycles. The molecule has 7 nitrogen and oxygen atoms in total. The van der Waals surface area contributed by atoms with Gasteiger partial charge in [-0.05, 0) is 25.5 Å². The second-order valence-corrected chi connectivity index (χ2v) is 8.10. The maximum atomic E-state index is 11.9. The van der Waals surface area contributed by atoms with Crippen LogP contribution in [-0.4, -0.2) is 41.5 Å². The summed E-state index contributed by atoms with van der Waals surface area (Å²) in [5.74, 6) is 0.756. The summed E-state index contributed by atoms with van der Waals surface area (Å²) in [6, 6.07) is 7.22.